The molecule has 0 saturated carbocycles. The summed E-state index contributed by atoms with van der Waals surface area (Å²) in [7, 11) is 0. The number of anilines is 1. The summed E-state index contributed by atoms with van der Waals surface area (Å²) in [4.78, 5) is 33.6. The van der Waals surface area contributed by atoms with Gasteiger partial charge in [-0.25, -0.2) is 4.98 Å². The lowest BCUT2D eigenvalue weighted by Crippen LogP contribution is -2.36. The van der Waals surface area contributed by atoms with Crippen molar-refractivity contribution in [1.29, 1.82) is 0 Å². The van der Waals surface area contributed by atoms with E-state index in [1.165, 1.54) is 17.3 Å². The molecule has 1 aliphatic heterocycles. The zero-order valence-electron chi connectivity index (χ0n) is 19.4. The summed E-state index contributed by atoms with van der Waals surface area (Å²) in [6, 6.07) is 23.4. The molecule has 5 nitrogen and oxygen atoms in total. The molecule has 0 spiro atoms. The van der Waals surface area contributed by atoms with Gasteiger partial charge in [-0.05, 0) is 54.2 Å². The summed E-state index contributed by atoms with van der Waals surface area (Å²) in [6.07, 6.45) is 1.94. The number of para-hydroxylation sites is 3. The van der Waals surface area contributed by atoms with Gasteiger partial charge in [-0.15, -0.1) is 0 Å². The van der Waals surface area contributed by atoms with Gasteiger partial charge in [0.2, 0.25) is 5.91 Å². The van der Waals surface area contributed by atoms with Crippen LogP contribution in [0.15, 0.2) is 82.7 Å². The number of amides is 1. The zero-order valence-corrected chi connectivity index (χ0v) is 20.2. The number of hydrogen-bond acceptors (Lipinski definition) is 4. The van der Waals surface area contributed by atoms with E-state index in [0.29, 0.717) is 22.6 Å². The molecule has 0 fully saturated rings. The highest BCUT2D eigenvalue weighted by Gasteiger charge is 2.24. The third kappa shape index (κ3) is 4.14. The summed E-state index contributed by atoms with van der Waals surface area (Å²) in [5.41, 5.74) is 4.62. The van der Waals surface area contributed by atoms with Gasteiger partial charge in [-0.2, -0.15) is 0 Å². The fourth-order valence-corrected chi connectivity index (χ4v) is 5.48. The smallest absolute Gasteiger partial charge is 0.266 e. The van der Waals surface area contributed by atoms with E-state index in [2.05, 4.69) is 19.9 Å². The molecule has 0 aliphatic carbocycles. The van der Waals surface area contributed by atoms with Gasteiger partial charge >= 0.3 is 0 Å². The Kier molecular flexibility index (Phi) is 6.24. The molecule has 5 rings (SSSR count). The molecular formula is C28H27N3O2S. The molecule has 1 aromatic heterocycles. The second-order valence-corrected chi connectivity index (χ2v) is 9.77. The lowest BCUT2D eigenvalue weighted by atomic mass is 10.0. The van der Waals surface area contributed by atoms with Crippen LogP contribution in [0.1, 0.15) is 37.3 Å². The summed E-state index contributed by atoms with van der Waals surface area (Å²) in [6.45, 7) is 4.94. The fourth-order valence-electron chi connectivity index (χ4n) is 4.60. The number of fused-ring (bicyclic) bond motifs is 2. The van der Waals surface area contributed by atoms with Gasteiger partial charge in [0.25, 0.3) is 5.56 Å². The van der Waals surface area contributed by atoms with Crippen LogP contribution in [-0.4, -0.2) is 27.8 Å². The van der Waals surface area contributed by atoms with Crippen molar-refractivity contribution in [3.05, 3.63) is 94.3 Å². The SMILES string of the molecule is CC(C)c1ccccc1-n1c(SCC(=O)N2CCCc3ccccc32)nc2ccccc2c1=O. The van der Waals surface area contributed by atoms with Crippen molar-refractivity contribution in [1.82, 2.24) is 9.55 Å². The van der Waals surface area contributed by atoms with Crippen molar-refractivity contribution in [3.8, 4) is 5.69 Å². The molecule has 6 heteroatoms. The standard InChI is InChI=1S/C28H27N3O2S/c1-19(2)21-12-5-8-16-25(21)31-27(33)22-13-4-6-14-23(22)29-28(31)34-18-26(32)30-17-9-11-20-10-3-7-15-24(20)30/h3-8,10,12-16,19H,9,11,17-18H2,1-2H3. The van der Waals surface area contributed by atoms with Gasteiger partial charge in [-0.1, -0.05) is 74.1 Å². The first-order chi connectivity index (χ1) is 16.5. The Morgan fingerprint density at radius 1 is 0.971 bits per heavy atom. The lowest BCUT2D eigenvalue weighted by molar-refractivity contribution is -0.116. The summed E-state index contributed by atoms with van der Waals surface area (Å²) < 4.78 is 1.68. The van der Waals surface area contributed by atoms with E-state index < -0.39 is 0 Å². The zero-order chi connectivity index (χ0) is 23.7. The number of aromatic nitrogens is 2. The minimum atomic E-state index is -0.114. The van der Waals surface area contributed by atoms with Crippen molar-refractivity contribution in [2.75, 3.05) is 17.2 Å². The number of rotatable bonds is 5. The Morgan fingerprint density at radius 3 is 2.50 bits per heavy atom. The highest BCUT2D eigenvalue weighted by molar-refractivity contribution is 7.99. The Morgan fingerprint density at radius 2 is 1.68 bits per heavy atom. The van der Waals surface area contributed by atoms with Crippen molar-refractivity contribution in [3.63, 3.8) is 0 Å². The number of hydrogen-bond donors (Lipinski definition) is 0. The number of aryl methyl sites for hydroxylation is 1. The van der Waals surface area contributed by atoms with E-state index in [1.807, 2.05) is 71.6 Å². The van der Waals surface area contributed by atoms with Crippen LogP contribution in [-0.2, 0) is 11.2 Å². The van der Waals surface area contributed by atoms with E-state index >= 15 is 0 Å². The molecule has 0 atom stereocenters. The summed E-state index contributed by atoms with van der Waals surface area (Å²) >= 11 is 1.33. The number of carbonyl (C=O) groups excluding carboxylic acids is 1. The molecule has 0 unspecified atom stereocenters. The molecule has 0 N–H and O–H groups in total. The van der Waals surface area contributed by atoms with Crippen molar-refractivity contribution < 1.29 is 4.79 Å². The van der Waals surface area contributed by atoms with E-state index in [9.17, 15) is 9.59 Å². The minimum Gasteiger partial charge on any atom is -0.311 e. The highest BCUT2D eigenvalue weighted by atomic mass is 32.2. The van der Waals surface area contributed by atoms with Crippen LogP contribution in [0, 0.1) is 0 Å². The van der Waals surface area contributed by atoms with E-state index in [-0.39, 0.29) is 23.1 Å². The van der Waals surface area contributed by atoms with Crippen LogP contribution in [0.3, 0.4) is 0 Å². The number of thioether (sulfide) groups is 1. The minimum absolute atomic E-state index is 0.0308. The molecule has 3 aromatic carbocycles. The molecule has 1 amide bonds. The molecule has 0 bridgehead atoms. The van der Waals surface area contributed by atoms with Gasteiger partial charge in [0.1, 0.15) is 0 Å². The molecule has 0 radical (unpaired) electrons. The third-order valence-electron chi connectivity index (χ3n) is 6.28. The second-order valence-electron chi connectivity index (χ2n) is 8.83. The third-order valence-corrected chi connectivity index (χ3v) is 7.20. The average Bonchev–Trinajstić information content (AvgIpc) is 2.87. The average molecular weight is 470 g/mol. The summed E-state index contributed by atoms with van der Waals surface area (Å²) in [5.74, 6) is 0.477. The Hall–Kier alpha value is -3.38. The Labute approximate surface area is 203 Å². The van der Waals surface area contributed by atoms with Gasteiger partial charge in [-0.3, -0.25) is 14.2 Å². The maximum atomic E-state index is 13.6. The van der Waals surface area contributed by atoms with Gasteiger partial charge < -0.3 is 4.90 Å². The maximum Gasteiger partial charge on any atom is 0.266 e. The molecular weight excluding hydrogens is 442 g/mol. The highest BCUT2D eigenvalue weighted by Crippen LogP contribution is 2.30. The first-order valence-corrected chi connectivity index (χ1v) is 12.7. The van der Waals surface area contributed by atoms with Gasteiger partial charge in [0.15, 0.2) is 5.16 Å². The lowest BCUT2D eigenvalue weighted by Gasteiger charge is -2.29. The molecule has 2 heterocycles. The van der Waals surface area contributed by atoms with Crippen LogP contribution in [0.5, 0.6) is 0 Å². The van der Waals surface area contributed by atoms with Crippen molar-refractivity contribution in [2.45, 2.75) is 37.8 Å². The van der Waals surface area contributed by atoms with Gasteiger partial charge in [0, 0.05) is 12.2 Å². The summed E-state index contributed by atoms with van der Waals surface area (Å²) in [5, 5.41) is 1.11. The molecule has 1 aliphatic rings. The molecule has 4 aromatic rings. The van der Waals surface area contributed by atoms with E-state index in [1.54, 1.807) is 4.57 Å². The van der Waals surface area contributed by atoms with Crippen LogP contribution in [0.2, 0.25) is 0 Å². The Balaban J connectivity index is 1.55. The quantitative estimate of drug-likeness (QED) is 0.283. The van der Waals surface area contributed by atoms with Crippen molar-refractivity contribution in [2.24, 2.45) is 0 Å². The van der Waals surface area contributed by atoms with Crippen LogP contribution < -0.4 is 10.5 Å². The van der Waals surface area contributed by atoms with Crippen LogP contribution >= 0.6 is 11.8 Å². The van der Waals surface area contributed by atoms with Crippen LogP contribution in [0.25, 0.3) is 16.6 Å². The van der Waals surface area contributed by atoms with Gasteiger partial charge in [0.05, 0.1) is 22.3 Å². The molecule has 172 valence electrons. The molecule has 34 heavy (non-hydrogen) atoms. The topological polar surface area (TPSA) is 55.2 Å². The largest absolute Gasteiger partial charge is 0.311 e. The first-order valence-electron chi connectivity index (χ1n) is 11.7. The monoisotopic (exact) mass is 469 g/mol. The van der Waals surface area contributed by atoms with E-state index in [0.717, 1.165) is 29.8 Å². The Bertz CT molecular complexity index is 1430. The predicted octanol–water partition coefficient (Wildman–Crippen LogP) is 5.58. The number of carbonyl (C=O) groups is 1. The second kappa shape index (κ2) is 9.47. The first kappa shape index (κ1) is 22.4. The number of nitrogens with zero attached hydrogens (tertiary/aromatic N) is 3. The van der Waals surface area contributed by atoms with Crippen molar-refractivity contribution >= 4 is 34.3 Å². The predicted molar refractivity (Wildman–Crippen MR) is 139 cm³/mol. The normalized spacial score (nSPS) is 13.3. The molecule has 0 saturated heterocycles. The van der Waals surface area contributed by atoms with Crippen LogP contribution in [0.4, 0.5) is 5.69 Å². The van der Waals surface area contributed by atoms with E-state index in [4.69, 9.17) is 4.98 Å². The fraction of sp³-hybridized carbons (Fsp3) is 0.250. The maximum absolute atomic E-state index is 13.6. The number of benzene rings is 3.